The second-order valence-electron chi connectivity index (χ2n) is 4.12. The molecule has 0 fully saturated rings. The van der Waals surface area contributed by atoms with Crippen molar-refractivity contribution in [2.24, 2.45) is 0 Å². The summed E-state index contributed by atoms with van der Waals surface area (Å²) in [4.78, 5) is 12.8. The van der Waals surface area contributed by atoms with Gasteiger partial charge in [0.25, 0.3) is 5.78 Å². The van der Waals surface area contributed by atoms with Crippen LogP contribution < -0.4 is 0 Å². The lowest BCUT2D eigenvalue weighted by Gasteiger charge is -2.01. The zero-order valence-corrected chi connectivity index (χ0v) is 11.5. The molecule has 0 saturated heterocycles. The summed E-state index contributed by atoms with van der Waals surface area (Å²) >= 11 is 1.45. The van der Waals surface area contributed by atoms with Gasteiger partial charge in [-0.25, -0.2) is 9.97 Å². The Kier molecular flexibility index (Phi) is 3.16. The topological polar surface area (TPSA) is 84.7 Å². The standard InChI is InChI=1S/C11H13N7S/c1-3-4-8-15-11(17-16-8)19-9-5-7(2)14-10-12-6-13-18(9)10/h5-6H,3-4H2,1-2H3,(H,15,16,17). The molecule has 0 radical (unpaired) electrons. The SMILES string of the molecule is CCCc1nc(Sc2cc(C)nc3ncnn23)n[nH]1. The Bertz CT molecular complexity index is 702. The van der Waals surface area contributed by atoms with Crippen LogP contribution in [0.15, 0.2) is 22.6 Å². The molecule has 0 atom stereocenters. The van der Waals surface area contributed by atoms with Gasteiger partial charge < -0.3 is 0 Å². The molecule has 3 aromatic heterocycles. The molecule has 0 spiro atoms. The molecule has 19 heavy (non-hydrogen) atoms. The first-order chi connectivity index (χ1) is 9.26. The Balaban J connectivity index is 1.93. The summed E-state index contributed by atoms with van der Waals surface area (Å²) in [6.45, 7) is 4.04. The van der Waals surface area contributed by atoms with E-state index in [9.17, 15) is 0 Å². The van der Waals surface area contributed by atoms with Crippen LogP contribution in [0.2, 0.25) is 0 Å². The number of aromatic nitrogens is 7. The van der Waals surface area contributed by atoms with Crippen molar-refractivity contribution >= 4 is 17.5 Å². The number of hydrogen-bond acceptors (Lipinski definition) is 6. The van der Waals surface area contributed by atoms with Gasteiger partial charge in [0.15, 0.2) is 0 Å². The zero-order valence-electron chi connectivity index (χ0n) is 10.7. The summed E-state index contributed by atoms with van der Waals surface area (Å²) in [6, 6.07) is 1.95. The third-order valence-electron chi connectivity index (χ3n) is 2.54. The molecule has 0 bridgehead atoms. The highest BCUT2D eigenvalue weighted by Gasteiger charge is 2.10. The fourth-order valence-corrected chi connectivity index (χ4v) is 2.61. The smallest absolute Gasteiger partial charge is 0.253 e. The fourth-order valence-electron chi connectivity index (χ4n) is 1.74. The van der Waals surface area contributed by atoms with Gasteiger partial charge in [-0.15, -0.1) is 5.10 Å². The summed E-state index contributed by atoms with van der Waals surface area (Å²) < 4.78 is 1.69. The van der Waals surface area contributed by atoms with Gasteiger partial charge in [0, 0.05) is 12.1 Å². The molecule has 3 heterocycles. The van der Waals surface area contributed by atoms with Gasteiger partial charge in [0.2, 0.25) is 5.16 Å². The van der Waals surface area contributed by atoms with Crippen molar-refractivity contribution in [2.75, 3.05) is 0 Å². The highest BCUT2D eigenvalue weighted by molar-refractivity contribution is 7.99. The first-order valence-corrected chi connectivity index (χ1v) is 6.84. The Morgan fingerprint density at radius 3 is 3.11 bits per heavy atom. The number of H-pyrrole nitrogens is 1. The van der Waals surface area contributed by atoms with Crippen molar-refractivity contribution in [2.45, 2.75) is 36.9 Å². The summed E-state index contributed by atoms with van der Waals surface area (Å²) in [6.07, 6.45) is 3.44. The van der Waals surface area contributed by atoms with Crippen LogP contribution >= 0.6 is 11.8 Å². The summed E-state index contributed by atoms with van der Waals surface area (Å²) in [5, 5.41) is 12.9. The van der Waals surface area contributed by atoms with E-state index in [1.54, 1.807) is 4.52 Å². The van der Waals surface area contributed by atoms with Crippen LogP contribution in [0.5, 0.6) is 0 Å². The number of fused-ring (bicyclic) bond motifs is 1. The monoisotopic (exact) mass is 275 g/mol. The molecule has 7 nitrogen and oxygen atoms in total. The molecule has 0 aliphatic rings. The van der Waals surface area contributed by atoms with Crippen LogP contribution in [-0.2, 0) is 6.42 Å². The first-order valence-electron chi connectivity index (χ1n) is 6.03. The Hall–Kier alpha value is -1.96. The maximum absolute atomic E-state index is 4.43. The maximum Gasteiger partial charge on any atom is 0.253 e. The number of aryl methyl sites for hydroxylation is 2. The third kappa shape index (κ3) is 2.43. The van der Waals surface area contributed by atoms with E-state index in [1.165, 1.54) is 18.1 Å². The molecular formula is C11H13N7S. The second-order valence-corrected chi connectivity index (χ2v) is 5.11. The number of nitrogens with zero attached hydrogens (tertiary/aromatic N) is 6. The number of rotatable bonds is 4. The normalized spacial score (nSPS) is 11.3. The van der Waals surface area contributed by atoms with E-state index in [1.807, 2.05) is 13.0 Å². The highest BCUT2D eigenvalue weighted by Crippen LogP contribution is 2.24. The minimum atomic E-state index is 0.590. The van der Waals surface area contributed by atoms with E-state index < -0.39 is 0 Å². The molecule has 3 aromatic rings. The van der Waals surface area contributed by atoms with E-state index in [0.717, 1.165) is 29.4 Å². The minimum Gasteiger partial charge on any atom is -0.262 e. The zero-order chi connectivity index (χ0) is 13.2. The summed E-state index contributed by atoms with van der Waals surface area (Å²) in [5.74, 6) is 1.50. The minimum absolute atomic E-state index is 0.590. The second kappa shape index (κ2) is 4.96. The van der Waals surface area contributed by atoms with Gasteiger partial charge in [-0.1, -0.05) is 6.92 Å². The van der Waals surface area contributed by atoms with Crippen molar-refractivity contribution in [1.29, 1.82) is 0 Å². The van der Waals surface area contributed by atoms with E-state index in [2.05, 4.69) is 37.2 Å². The quantitative estimate of drug-likeness (QED) is 0.729. The number of nitrogens with one attached hydrogen (secondary N) is 1. The van der Waals surface area contributed by atoms with Crippen LogP contribution in [0, 0.1) is 6.92 Å². The van der Waals surface area contributed by atoms with Gasteiger partial charge >= 0.3 is 0 Å². The third-order valence-corrected chi connectivity index (χ3v) is 3.41. The summed E-state index contributed by atoms with van der Waals surface area (Å²) in [7, 11) is 0. The lowest BCUT2D eigenvalue weighted by Crippen LogP contribution is -1.97. The van der Waals surface area contributed by atoms with Crippen LogP contribution in [0.1, 0.15) is 24.9 Å². The average molecular weight is 275 g/mol. The fraction of sp³-hybridized carbons (Fsp3) is 0.364. The highest BCUT2D eigenvalue weighted by atomic mass is 32.2. The predicted molar refractivity (Wildman–Crippen MR) is 70.0 cm³/mol. The molecule has 1 N–H and O–H groups in total. The van der Waals surface area contributed by atoms with E-state index in [4.69, 9.17) is 0 Å². The van der Waals surface area contributed by atoms with Gasteiger partial charge in [0.05, 0.1) is 0 Å². The Labute approximate surface area is 113 Å². The van der Waals surface area contributed by atoms with Crippen LogP contribution in [-0.4, -0.2) is 34.8 Å². The van der Waals surface area contributed by atoms with E-state index in [-0.39, 0.29) is 0 Å². The van der Waals surface area contributed by atoms with Gasteiger partial charge in [-0.05, 0) is 31.2 Å². The lowest BCUT2D eigenvalue weighted by molar-refractivity contribution is 0.829. The molecule has 0 aliphatic carbocycles. The largest absolute Gasteiger partial charge is 0.262 e. The summed E-state index contributed by atoms with van der Waals surface area (Å²) in [5.41, 5.74) is 0.896. The van der Waals surface area contributed by atoms with Gasteiger partial charge in [-0.2, -0.15) is 14.6 Å². The Morgan fingerprint density at radius 1 is 1.37 bits per heavy atom. The lowest BCUT2D eigenvalue weighted by atomic mass is 10.3. The molecule has 0 unspecified atom stereocenters. The average Bonchev–Trinajstić information content (AvgIpc) is 2.98. The molecule has 0 aromatic carbocycles. The molecule has 0 saturated carbocycles. The van der Waals surface area contributed by atoms with Crippen molar-refractivity contribution in [3.8, 4) is 0 Å². The van der Waals surface area contributed by atoms with Crippen LogP contribution in [0.3, 0.4) is 0 Å². The first kappa shape index (κ1) is 12.1. The Morgan fingerprint density at radius 2 is 2.26 bits per heavy atom. The molecule has 0 amide bonds. The number of hydrogen-bond donors (Lipinski definition) is 1. The maximum atomic E-state index is 4.43. The molecule has 0 aliphatic heterocycles. The van der Waals surface area contributed by atoms with Crippen LogP contribution in [0.4, 0.5) is 0 Å². The number of aromatic amines is 1. The molecule has 8 heteroatoms. The van der Waals surface area contributed by atoms with E-state index in [0.29, 0.717) is 10.9 Å². The van der Waals surface area contributed by atoms with Crippen molar-refractivity contribution in [3.05, 3.63) is 23.9 Å². The van der Waals surface area contributed by atoms with Crippen molar-refractivity contribution < 1.29 is 0 Å². The van der Waals surface area contributed by atoms with Crippen LogP contribution in [0.25, 0.3) is 5.78 Å². The van der Waals surface area contributed by atoms with Crippen molar-refractivity contribution in [1.82, 2.24) is 34.8 Å². The predicted octanol–water partition coefficient (Wildman–Crippen LogP) is 1.65. The van der Waals surface area contributed by atoms with E-state index >= 15 is 0 Å². The molecule has 3 rings (SSSR count). The molecular weight excluding hydrogens is 262 g/mol. The van der Waals surface area contributed by atoms with Gasteiger partial charge in [0.1, 0.15) is 17.2 Å². The van der Waals surface area contributed by atoms with Gasteiger partial charge in [-0.3, -0.25) is 5.10 Å². The molecule has 98 valence electrons. The van der Waals surface area contributed by atoms with Crippen molar-refractivity contribution in [3.63, 3.8) is 0 Å².